The van der Waals surface area contributed by atoms with Gasteiger partial charge in [-0.05, 0) is 29.7 Å². The summed E-state index contributed by atoms with van der Waals surface area (Å²) in [6.07, 6.45) is 0.262. The van der Waals surface area contributed by atoms with Crippen molar-refractivity contribution in [1.82, 2.24) is 15.5 Å². The highest BCUT2D eigenvalue weighted by atomic mass is 16.7. The summed E-state index contributed by atoms with van der Waals surface area (Å²) >= 11 is 0. The first-order chi connectivity index (χ1) is 15.0. The number of imide groups is 1. The second-order valence-corrected chi connectivity index (χ2v) is 7.45. The molecule has 0 unspecified atom stereocenters. The summed E-state index contributed by atoms with van der Waals surface area (Å²) in [6.45, 7) is -0.0350. The number of hydrogen-bond donors (Lipinski definition) is 3. The molecule has 1 saturated heterocycles. The van der Waals surface area contributed by atoms with E-state index in [0.29, 0.717) is 23.5 Å². The van der Waals surface area contributed by atoms with Crippen LogP contribution in [0.15, 0.2) is 48.5 Å². The summed E-state index contributed by atoms with van der Waals surface area (Å²) in [4.78, 5) is 38.5. The van der Waals surface area contributed by atoms with E-state index in [9.17, 15) is 19.5 Å². The third-order valence-electron chi connectivity index (χ3n) is 5.18. The summed E-state index contributed by atoms with van der Waals surface area (Å²) in [5, 5.41) is 14.9. The molecule has 0 aliphatic carbocycles. The van der Waals surface area contributed by atoms with E-state index in [1.54, 1.807) is 18.2 Å². The van der Waals surface area contributed by atoms with Gasteiger partial charge in [0.05, 0.1) is 25.6 Å². The standard InChI is InChI=1S/C22H23N3O6/c26-12-16(8-14-4-2-1-3-5-14)23-20(27)10-17-21(28)25(22(29)24-17)11-15-6-7-18-19(9-15)31-13-30-18/h1-7,9,16-17,26H,8,10-13H2,(H,23,27)(H,24,29)/t16-,17-/m0/s1. The molecule has 162 valence electrons. The normalized spacial score (nSPS) is 18.1. The van der Waals surface area contributed by atoms with Crippen molar-refractivity contribution in [2.24, 2.45) is 0 Å². The number of aliphatic hydroxyl groups is 1. The van der Waals surface area contributed by atoms with Crippen LogP contribution in [-0.2, 0) is 22.6 Å². The quantitative estimate of drug-likeness (QED) is 0.542. The fourth-order valence-electron chi connectivity index (χ4n) is 3.62. The van der Waals surface area contributed by atoms with Crippen LogP contribution in [0.3, 0.4) is 0 Å². The van der Waals surface area contributed by atoms with E-state index in [2.05, 4.69) is 10.6 Å². The Labute approximate surface area is 178 Å². The van der Waals surface area contributed by atoms with Gasteiger partial charge in [0.1, 0.15) is 6.04 Å². The van der Waals surface area contributed by atoms with Gasteiger partial charge in [-0.2, -0.15) is 0 Å². The van der Waals surface area contributed by atoms with Crippen LogP contribution in [0.5, 0.6) is 11.5 Å². The van der Waals surface area contributed by atoms with Crippen LogP contribution in [-0.4, -0.2) is 53.3 Å². The Morgan fingerprint density at radius 2 is 1.90 bits per heavy atom. The number of benzene rings is 2. The van der Waals surface area contributed by atoms with E-state index >= 15 is 0 Å². The molecule has 2 aromatic carbocycles. The first-order valence-electron chi connectivity index (χ1n) is 9.98. The molecule has 1 fully saturated rings. The summed E-state index contributed by atoms with van der Waals surface area (Å²) in [6, 6.07) is 12.7. The minimum Gasteiger partial charge on any atom is -0.454 e. The molecule has 0 spiro atoms. The first kappa shape index (κ1) is 20.7. The molecule has 2 atom stereocenters. The number of amides is 4. The lowest BCUT2D eigenvalue weighted by molar-refractivity contribution is -0.131. The molecule has 0 bridgehead atoms. The van der Waals surface area contributed by atoms with Gasteiger partial charge in [0.2, 0.25) is 12.7 Å². The Kier molecular flexibility index (Phi) is 6.03. The van der Waals surface area contributed by atoms with Gasteiger partial charge in [0, 0.05) is 0 Å². The first-order valence-corrected chi connectivity index (χ1v) is 9.98. The van der Waals surface area contributed by atoms with Gasteiger partial charge in [-0.3, -0.25) is 14.5 Å². The van der Waals surface area contributed by atoms with Gasteiger partial charge in [-0.15, -0.1) is 0 Å². The molecule has 0 radical (unpaired) electrons. The molecule has 2 aliphatic rings. The number of nitrogens with one attached hydrogen (secondary N) is 2. The topological polar surface area (TPSA) is 117 Å². The van der Waals surface area contributed by atoms with Crippen molar-refractivity contribution in [2.75, 3.05) is 13.4 Å². The monoisotopic (exact) mass is 425 g/mol. The van der Waals surface area contributed by atoms with E-state index in [1.165, 1.54) is 0 Å². The number of ether oxygens (including phenoxy) is 2. The molecule has 2 heterocycles. The maximum Gasteiger partial charge on any atom is 0.325 e. The number of carbonyl (C=O) groups is 3. The Bertz CT molecular complexity index is 980. The fraction of sp³-hybridized carbons (Fsp3) is 0.318. The zero-order valence-electron chi connectivity index (χ0n) is 16.7. The van der Waals surface area contributed by atoms with Gasteiger partial charge in [-0.25, -0.2) is 4.79 Å². The van der Waals surface area contributed by atoms with Gasteiger partial charge in [0.25, 0.3) is 5.91 Å². The van der Waals surface area contributed by atoms with Crippen molar-refractivity contribution in [3.05, 3.63) is 59.7 Å². The number of aliphatic hydroxyl groups excluding tert-OH is 1. The van der Waals surface area contributed by atoms with E-state index in [1.807, 2.05) is 30.3 Å². The van der Waals surface area contributed by atoms with Crippen molar-refractivity contribution in [3.8, 4) is 11.5 Å². The Balaban J connectivity index is 1.33. The van der Waals surface area contributed by atoms with Crippen molar-refractivity contribution in [2.45, 2.75) is 31.5 Å². The number of urea groups is 1. The molecule has 2 aromatic rings. The van der Waals surface area contributed by atoms with Crippen LogP contribution in [0.25, 0.3) is 0 Å². The van der Waals surface area contributed by atoms with E-state index in [0.717, 1.165) is 10.5 Å². The smallest absolute Gasteiger partial charge is 0.325 e. The molecule has 0 saturated carbocycles. The largest absolute Gasteiger partial charge is 0.454 e. The van der Waals surface area contributed by atoms with Crippen molar-refractivity contribution in [3.63, 3.8) is 0 Å². The third kappa shape index (κ3) is 4.77. The molecule has 4 amide bonds. The fourth-order valence-corrected chi connectivity index (χ4v) is 3.62. The Hall–Kier alpha value is -3.59. The lowest BCUT2D eigenvalue weighted by atomic mass is 10.1. The zero-order chi connectivity index (χ0) is 21.8. The summed E-state index contributed by atoms with van der Waals surface area (Å²) in [5.74, 6) is 0.290. The van der Waals surface area contributed by atoms with Gasteiger partial charge in [-0.1, -0.05) is 36.4 Å². The number of fused-ring (bicyclic) bond motifs is 1. The molecule has 4 rings (SSSR count). The van der Waals surface area contributed by atoms with Crippen LogP contribution >= 0.6 is 0 Å². The molecule has 9 nitrogen and oxygen atoms in total. The average Bonchev–Trinajstić information content (AvgIpc) is 3.33. The highest BCUT2D eigenvalue weighted by Gasteiger charge is 2.39. The van der Waals surface area contributed by atoms with E-state index < -0.39 is 29.9 Å². The molecule has 3 N–H and O–H groups in total. The average molecular weight is 425 g/mol. The zero-order valence-corrected chi connectivity index (χ0v) is 16.7. The third-order valence-corrected chi connectivity index (χ3v) is 5.18. The molecule has 0 aromatic heterocycles. The van der Waals surface area contributed by atoms with Crippen molar-refractivity contribution < 1.29 is 29.0 Å². The molecular weight excluding hydrogens is 402 g/mol. The van der Waals surface area contributed by atoms with Crippen LogP contribution in [0.1, 0.15) is 17.5 Å². The number of hydrogen-bond acceptors (Lipinski definition) is 6. The maximum absolute atomic E-state index is 12.7. The highest BCUT2D eigenvalue weighted by molar-refractivity contribution is 6.05. The predicted octanol–water partition coefficient (Wildman–Crippen LogP) is 0.946. The van der Waals surface area contributed by atoms with Gasteiger partial charge < -0.3 is 25.2 Å². The Morgan fingerprint density at radius 1 is 1.13 bits per heavy atom. The van der Waals surface area contributed by atoms with E-state index in [4.69, 9.17) is 9.47 Å². The number of nitrogens with zero attached hydrogens (tertiary/aromatic N) is 1. The summed E-state index contributed by atoms with van der Waals surface area (Å²) in [5.41, 5.74) is 1.68. The molecule has 9 heteroatoms. The Morgan fingerprint density at radius 3 is 2.68 bits per heavy atom. The van der Waals surface area contributed by atoms with Gasteiger partial charge in [0.15, 0.2) is 11.5 Å². The van der Waals surface area contributed by atoms with Gasteiger partial charge >= 0.3 is 6.03 Å². The number of rotatable bonds is 8. The molecule has 2 aliphatic heterocycles. The van der Waals surface area contributed by atoms with Crippen molar-refractivity contribution in [1.29, 1.82) is 0 Å². The minimum absolute atomic E-state index is 0.0622. The van der Waals surface area contributed by atoms with Crippen LogP contribution in [0.4, 0.5) is 4.79 Å². The minimum atomic E-state index is -0.947. The van der Waals surface area contributed by atoms with Crippen molar-refractivity contribution >= 4 is 17.8 Å². The molecular formula is C22H23N3O6. The molecule has 31 heavy (non-hydrogen) atoms. The lowest BCUT2D eigenvalue weighted by Gasteiger charge is -2.17. The van der Waals surface area contributed by atoms with Crippen LogP contribution in [0, 0.1) is 0 Å². The number of carbonyl (C=O) groups excluding carboxylic acids is 3. The maximum atomic E-state index is 12.7. The van der Waals surface area contributed by atoms with Crippen LogP contribution in [0.2, 0.25) is 0 Å². The lowest BCUT2D eigenvalue weighted by Crippen LogP contribution is -2.43. The predicted molar refractivity (Wildman–Crippen MR) is 109 cm³/mol. The second kappa shape index (κ2) is 9.05. The highest BCUT2D eigenvalue weighted by Crippen LogP contribution is 2.33. The second-order valence-electron chi connectivity index (χ2n) is 7.45. The summed E-state index contributed by atoms with van der Waals surface area (Å²) in [7, 11) is 0. The van der Waals surface area contributed by atoms with Crippen LogP contribution < -0.4 is 20.1 Å². The summed E-state index contributed by atoms with van der Waals surface area (Å²) < 4.78 is 10.6. The SMILES string of the molecule is O=C(C[C@@H]1NC(=O)N(Cc2ccc3c(c2)OCO3)C1=O)N[C@H](CO)Cc1ccccc1. The van der Waals surface area contributed by atoms with E-state index in [-0.39, 0.29) is 26.4 Å².